The van der Waals surface area contributed by atoms with Gasteiger partial charge in [0.05, 0.1) is 37.9 Å². The van der Waals surface area contributed by atoms with Gasteiger partial charge in [-0.3, -0.25) is 9.98 Å². The molecule has 0 saturated heterocycles. The number of amidine groups is 2. The summed E-state index contributed by atoms with van der Waals surface area (Å²) in [7, 11) is 0. The van der Waals surface area contributed by atoms with Gasteiger partial charge in [0.1, 0.15) is 0 Å². The monoisotopic (exact) mass is 278 g/mol. The smallest absolute Gasteiger partial charge is 0.0988 e. The first-order valence-electron chi connectivity index (χ1n) is 6.67. The largest absolute Gasteiger partial charge is 0.387 e. The van der Waals surface area contributed by atoms with Gasteiger partial charge in [-0.15, -0.1) is 13.2 Å². The van der Waals surface area contributed by atoms with E-state index < -0.39 is 0 Å². The minimum Gasteiger partial charge on any atom is -0.387 e. The van der Waals surface area contributed by atoms with Crippen molar-refractivity contribution in [3.8, 4) is 0 Å². The Hall–Kier alpha value is -1.98. The predicted octanol–water partition coefficient (Wildman–Crippen LogP) is 1.80. The zero-order valence-electron chi connectivity index (χ0n) is 12.5. The topological polar surface area (TPSA) is 101 Å². The average molecular weight is 278 g/mol. The number of hydrogen-bond acceptors (Lipinski definition) is 4. The average Bonchev–Trinajstić information content (AvgIpc) is 2.45. The second-order valence-electron chi connectivity index (χ2n) is 4.56. The molecule has 2 unspecified atom stereocenters. The van der Waals surface area contributed by atoms with E-state index in [-0.39, 0.29) is 11.8 Å². The van der Waals surface area contributed by atoms with Crippen LogP contribution in [0.3, 0.4) is 0 Å². The summed E-state index contributed by atoms with van der Waals surface area (Å²) in [5, 5.41) is 8.22. The van der Waals surface area contributed by atoms with Crippen molar-refractivity contribution < 1.29 is 0 Å². The number of rotatable bonds is 10. The fourth-order valence-electron chi connectivity index (χ4n) is 1.20. The van der Waals surface area contributed by atoms with Gasteiger partial charge < -0.3 is 11.5 Å². The van der Waals surface area contributed by atoms with E-state index in [9.17, 15) is 0 Å². The van der Waals surface area contributed by atoms with E-state index in [1.807, 2.05) is 13.8 Å². The molecule has 0 radical (unpaired) electrons. The first kappa shape index (κ1) is 18.0. The molecule has 0 heterocycles. The Morgan fingerprint density at radius 2 is 1.25 bits per heavy atom. The maximum absolute atomic E-state index is 5.80. The van der Waals surface area contributed by atoms with Gasteiger partial charge >= 0.3 is 0 Å². The Balaban J connectivity index is 4.13. The van der Waals surface area contributed by atoms with Gasteiger partial charge in [0, 0.05) is 11.8 Å². The molecule has 0 fully saturated rings. The summed E-state index contributed by atoms with van der Waals surface area (Å²) in [4.78, 5) is 8.29. The molecule has 4 N–H and O–H groups in total. The number of hydrogen-bond donors (Lipinski definition) is 2. The third kappa shape index (κ3) is 8.18. The minimum absolute atomic E-state index is 0.0702. The zero-order valence-corrected chi connectivity index (χ0v) is 12.5. The molecular weight excluding hydrogens is 252 g/mol. The number of aliphatic imine (C=N–C) groups is 2. The molecule has 0 rings (SSSR count). The van der Waals surface area contributed by atoms with Crippen LogP contribution in [0.25, 0.3) is 0 Å². The number of azo groups is 1. The molecular formula is C14H26N6. The Morgan fingerprint density at radius 1 is 0.900 bits per heavy atom. The number of nitrogens with two attached hydrogens (primary N) is 2. The van der Waals surface area contributed by atoms with Crippen LogP contribution in [0.5, 0.6) is 0 Å². The van der Waals surface area contributed by atoms with Crippen molar-refractivity contribution in [1.82, 2.24) is 0 Å². The molecule has 6 nitrogen and oxygen atoms in total. The summed E-state index contributed by atoms with van der Waals surface area (Å²) in [6, 6.07) is 0. The van der Waals surface area contributed by atoms with Crippen molar-refractivity contribution in [3.63, 3.8) is 0 Å². The molecule has 20 heavy (non-hydrogen) atoms. The summed E-state index contributed by atoms with van der Waals surface area (Å²) in [6.45, 7) is 13.2. The van der Waals surface area contributed by atoms with Crippen molar-refractivity contribution in [2.45, 2.75) is 13.8 Å². The molecule has 0 aromatic heterocycles. The summed E-state index contributed by atoms with van der Waals surface area (Å²) >= 11 is 0. The number of nitrogens with zero attached hydrogens (tertiary/aromatic N) is 4. The highest BCUT2D eigenvalue weighted by Crippen LogP contribution is 2.00. The van der Waals surface area contributed by atoms with E-state index in [0.717, 1.165) is 0 Å². The van der Waals surface area contributed by atoms with Crippen LogP contribution in [0.4, 0.5) is 0 Å². The van der Waals surface area contributed by atoms with Gasteiger partial charge in [-0.25, -0.2) is 0 Å². The Kier molecular flexibility index (Phi) is 9.82. The maximum atomic E-state index is 5.80. The lowest BCUT2D eigenvalue weighted by Crippen LogP contribution is -2.24. The van der Waals surface area contributed by atoms with Crippen molar-refractivity contribution in [2.75, 3.05) is 26.2 Å². The second kappa shape index (κ2) is 10.9. The molecule has 2 atom stereocenters. The molecule has 0 aliphatic rings. The quantitative estimate of drug-likeness (QED) is 0.275. The third-order valence-electron chi connectivity index (χ3n) is 2.63. The highest BCUT2D eigenvalue weighted by molar-refractivity contribution is 5.83. The van der Waals surface area contributed by atoms with Gasteiger partial charge in [0.25, 0.3) is 0 Å². The van der Waals surface area contributed by atoms with Crippen LogP contribution >= 0.6 is 0 Å². The van der Waals surface area contributed by atoms with E-state index >= 15 is 0 Å². The molecule has 0 aliphatic carbocycles. The van der Waals surface area contributed by atoms with Crippen molar-refractivity contribution in [3.05, 3.63) is 25.3 Å². The van der Waals surface area contributed by atoms with E-state index in [4.69, 9.17) is 11.5 Å². The van der Waals surface area contributed by atoms with E-state index in [0.29, 0.717) is 37.9 Å². The molecule has 6 heteroatoms. The lowest BCUT2D eigenvalue weighted by Gasteiger charge is -2.08. The minimum atomic E-state index is 0.0702. The van der Waals surface area contributed by atoms with Gasteiger partial charge in [-0.1, -0.05) is 26.0 Å². The summed E-state index contributed by atoms with van der Waals surface area (Å²) in [5.74, 6) is 1.29. The second-order valence-corrected chi connectivity index (χ2v) is 4.56. The summed E-state index contributed by atoms with van der Waals surface area (Å²) in [6.07, 6.45) is 3.41. The van der Waals surface area contributed by atoms with E-state index in [1.165, 1.54) is 0 Å². The highest BCUT2D eigenvalue weighted by Gasteiger charge is 2.07. The van der Waals surface area contributed by atoms with E-state index in [2.05, 4.69) is 33.4 Å². The van der Waals surface area contributed by atoms with Crippen LogP contribution in [0.1, 0.15) is 13.8 Å². The molecule has 0 spiro atoms. The van der Waals surface area contributed by atoms with Crippen LogP contribution in [0, 0.1) is 11.8 Å². The molecule has 0 amide bonds. The zero-order chi connectivity index (χ0) is 15.4. The Morgan fingerprint density at radius 3 is 1.55 bits per heavy atom. The fraction of sp³-hybridized carbons (Fsp3) is 0.571. The fourth-order valence-corrected chi connectivity index (χ4v) is 1.20. The lowest BCUT2D eigenvalue weighted by molar-refractivity contribution is 0.681. The van der Waals surface area contributed by atoms with Gasteiger partial charge in [-0.2, -0.15) is 10.2 Å². The van der Waals surface area contributed by atoms with E-state index in [1.54, 1.807) is 12.2 Å². The standard InChI is InChI=1S/C14H26N6/c1-5-7-17-13(15)11(3)9-19-20-10-12(4)14(16)18-8-6-2/h5-6,11-12H,1-2,7-10H2,3-4H3,(H2,15,17)(H2,16,18). The Labute approximate surface area is 121 Å². The van der Waals surface area contributed by atoms with Gasteiger partial charge in [0.15, 0.2) is 0 Å². The van der Waals surface area contributed by atoms with Crippen LogP contribution in [0.15, 0.2) is 45.5 Å². The van der Waals surface area contributed by atoms with Crippen molar-refractivity contribution in [1.29, 1.82) is 0 Å². The normalized spacial score (nSPS) is 16.1. The summed E-state index contributed by atoms with van der Waals surface area (Å²) in [5.41, 5.74) is 11.6. The van der Waals surface area contributed by atoms with Crippen LogP contribution in [-0.4, -0.2) is 37.9 Å². The SMILES string of the molecule is C=CCN=C(N)C(C)CN=NCC(C)C(N)=NCC=C. The molecule has 0 aromatic rings. The molecule has 0 bridgehead atoms. The summed E-state index contributed by atoms with van der Waals surface area (Å²) < 4.78 is 0. The molecule has 0 saturated carbocycles. The van der Waals surface area contributed by atoms with Crippen LogP contribution < -0.4 is 11.5 Å². The lowest BCUT2D eigenvalue weighted by atomic mass is 10.1. The molecule has 0 aliphatic heterocycles. The predicted molar refractivity (Wildman–Crippen MR) is 86.3 cm³/mol. The van der Waals surface area contributed by atoms with Crippen molar-refractivity contribution in [2.24, 2.45) is 43.5 Å². The maximum Gasteiger partial charge on any atom is 0.0988 e. The van der Waals surface area contributed by atoms with Crippen LogP contribution in [0.2, 0.25) is 0 Å². The van der Waals surface area contributed by atoms with Gasteiger partial charge in [-0.05, 0) is 0 Å². The Bertz CT molecular complexity index is 347. The van der Waals surface area contributed by atoms with Crippen LogP contribution in [-0.2, 0) is 0 Å². The first-order valence-corrected chi connectivity index (χ1v) is 6.67. The van der Waals surface area contributed by atoms with Crippen molar-refractivity contribution >= 4 is 11.7 Å². The molecule has 0 aromatic carbocycles. The molecule has 112 valence electrons. The third-order valence-corrected chi connectivity index (χ3v) is 2.63. The highest BCUT2D eigenvalue weighted by atomic mass is 15.1. The first-order chi connectivity index (χ1) is 9.52. The van der Waals surface area contributed by atoms with Gasteiger partial charge in [0.2, 0.25) is 0 Å².